The number of aryl methyl sites for hydroxylation is 1. The summed E-state index contributed by atoms with van der Waals surface area (Å²) in [5.41, 5.74) is 1.59. The number of benzene rings is 2. The molecular weight excluding hydrogens is 447 g/mol. The molecule has 1 fully saturated rings. The summed E-state index contributed by atoms with van der Waals surface area (Å²) in [6.07, 6.45) is 19.5. The van der Waals surface area contributed by atoms with Crippen LogP contribution in [0.15, 0.2) is 39.5 Å². The number of hydrogen-bond acceptors (Lipinski definition) is 2. The van der Waals surface area contributed by atoms with Crippen LogP contribution in [0.1, 0.15) is 127 Å². The van der Waals surface area contributed by atoms with Gasteiger partial charge in [0.2, 0.25) is 0 Å². The average molecular weight is 493 g/mol. The van der Waals surface area contributed by atoms with Crippen LogP contribution in [0.3, 0.4) is 0 Å². The van der Waals surface area contributed by atoms with Crippen molar-refractivity contribution in [2.45, 2.75) is 122 Å². The van der Waals surface area contributed by atoms with E-state index in [1.54, 1.807) is 0 Å². The summed E-state index contributed by atoms with van der Waals surface area (Å²) in [5.74, 6) is 1.01. The van der Waals surface area contributed by atoms with Crippen LogP contribution in [0, 0.1) is 11.7 Å². The van der Waals surface area contributed by atoms with Crippen LogP contribution in [-0.2, 0) is 6.42 Å². The first kappa shape index (κ1) is 26.9. The van der Waals surface area contributed by atoms with Crippen molar-refractivity contribution in [2.75, 3.05) is 0 Å². The Bertz CT molecular complexity index is 1170. The molecule has 0 N–H and O–H groups in total. The van der Waals surface area contributed by atoms with Gasteiger partial charge in [-0.05, 0) is 67.6 Å². The normalized spacial score (nSPS) is 18.3. The van der Waals surface area contributed by atoms with Crippen LogP contribution in [-0.4, -0.2) is 0 Å². The van der Waals surface area contributed by atoms with Crippen molar-refractivity contribution in [1.29, 1.82) is 0 Å². The lowest BCUT2D eigenvalue weighted by Gasteiger charge is -2.29. The minimum Gasteiger partial charge on any atom is -0.419 e. The van der Waals surface area contributed by atoms with Crippen LogP contribution in [0.2, 0.25) is 0 Å². The summed E-state index contributed by atoms with van der Waals surface area (Å²) in [6.45, 7) is 4.46. The molecule has 2 aromatic carbocycles. The molecule has 3 heteroatoms. The Hall–Kier alpha value is -2.16. The SMILES string of the molecule is CCCCCCCc1ccc2c(oc(=O)c3cc(C4CCC(CCCCCCC)CC4)ccc32)c1F. The minimum absolute atomic E-state index is 0.116. The first-order valence-electron chi connectivity index (χ1n) is 14.8. The molecule has 0 saturated heterocycles. The third-order valence-electron chi connectivity index (χ3n) is 8.51. The predicted octanol–water partition coefficient (Wildman–Crippen LogP) is 10.2. The van der Waals surface area contributed by atoms with Gasteiger partial charge in [-0.2, -0.15) is 0 Å². The van der Waals surface area contributed by atoms with Gasteiger partial charge in [0, 0.05) is 10.8 Å². The molecule has 1 aromatic heterocycles. The van der Waals surface area contributed by atoms with E-state index in [1.807, 2.05) is 24.3 Å². The lowest BCUT2D eigenvalue weighted by Crippen LogP contribution is -2.14. The molecule has 1 aliphatic rings. The van der Waals surface area contributed by atoms with Crippen molar-refractivity contribution < 1.29 is 8.81 Å². The molecule has 0 spiro atoms. The molecule has 36 heavy (non-hydrogen) atoms. The Morgan fingerprint density at radius 3 is 2.17 bits per heavy atom. The van der Waals surface area contributed by atoms with Gasteiger partial charge in [-0.15, -0.1) is 0 Å². The molecule has 0 unspecified atom stereocenters. The molecule has 3 aromatic rings. The van der Waals surface area contributed by atoms with E-state index < -0.39 is 5.63 Å². The molecule has 1 heterocycles. The molecule has 4 rings (SSSR count). The molecule has 0 atom stereocenters. The number of unbranched alkanes of at least 4 members (excludes halogenated alkanes) is 8. The van der Waals surface area contributed by atoms with Crippen LogP contribution < -0.4 is 5.63 Å². The van der Waals surface area contributed by atoms with Gasteiger partial charge in [-0.1, -0.05) is 102 Å². The van der Waals surface area contributed by atoms with Gasteiger partial charge >= 0.3 is 5.63 Å². The molecule has 0 aliphatic heterocycles. The molecular formula is C33H45FO2. The highest BCUT2D eigenvalue weighted by atomic mass is 19.1. The zero-order valence-corrected chi connectivity index (χ0v) is 22.5. The van der Waals surface area contributed by atoms with Crippen molar-refractivity contribution in [1.82, 2.24) is 0 Å². The van der Waals surface area contributed by atoms with E-state index in [0.29, 0.717) is 28.7 Å². The van der Waals surface area contributed by atoms with Crippen molar-refractivity contribution in [3.05, 3.63) is 57.7 Å². The van der Waals surface area contributed by atoms with E-state index in [0.717, 1.165) is 24.1 Å². The van der Waals surface area contributed by atoms with E-state index in [2.05, 4.69) is 19.9 Å². The predicted molar refractivity (Wildman–Crippen MR) is 150 cm³/mol. The van der Waals surface area contributed by atoms with Gasteiger partial charge in [-0.25, -0.2) is 9.18 Å². The van der Waals surface area contributed by atoms with Gasteiger partial charge in [-0.3, -0.25) is 0 Å². The quantitative estimate of drug-likeness (QED) is 0.135. The van der Waals surface area contributed by atoms with E-state index in [4.69, 9.17) is 4.42 Å². The summed E-state index contributed by atoms with van der Waals surface area (Å²) in [7, 11) is 0. The van der Waals surface area contributed by atoms with E-state index in [1.165, 1.54) is 89.0 Å². The highest BCUT2D eigenvalue weighted by Gasteiger charge is 2.23. The second-order valence-electron chi connectivity index (χ2n) is 11.2. The van der Waals surface area contributed by atoms with Crippen LogP contribution >= 0.6 is 0 Å². The fourth-order valence-electron chi connectivity index (χ4n) is 6.21. The maximum Gasteiger partial charge on any atom is 0.344 e. The standard InChI is InChI=1S/C33H45FO2/c1-3-5-7-9-11-13-24-15-17-25(18-16-24)27-20-21-28-29-22-19-26(14-12-10-8-6-4-2)31(34)32(29)36-33(35)30(28)23-27/h19-25H,3-18H2,1-2H3. The lowest BCUT2D eigenvalue weighted by molar-refractivity contribution is 0.302. The van der Waals surface area contributed by atoms with Crippen molar-refractivity contribution in [2.24, 2.45) is 5.92 Å². The van der Waals surface area contributed by atoms with Crippen LogP contribution in [0.5, 0.6) is 0 Å². The van der Waals surface area contributed by atoms with Crippen molar-refractivity contribution >= 4 is 21.7 Å². The maximum absolute atomic E-state index is 15.3. The van der Waals surface area contributed by atoms with Crippen molar-refractivity contribution in [3.63, 3.8) is 0 Å². The van der Waals surface area contributed by atoms with Gasteiger partial charge in [0.25, 0.3) is 0 Å². The molecule has 1 saturated carbocycles. The summed E-state index contributed by atoms with van der Waals surface area (Å²) >= 11 is 0. The van der Waals surface area contributed by atoms with Crippen LogP contribution in [0.25, 0.3) is 21.7 Å². The number of fused-ring (bicyclic) bond motifs is 3. The fourth-order valence-corrected chi connectivity index (χ4v) is 6.21. The summed E-state index contributed by atoms with van der Waals surface area (Å²) < 4.78 is 20.9. The topological polar surface area (TPSA) is 30.2 Å². The Kier molecular flexibility index (Phi) is 10.0. The smallest absolute Gasteiger partial charge is 0.344 e. The average Bonchev–Trinajstić information content (AvgIpc) is 2.90. The zero-order chi connectivity index (χ0) is 25.3. The first-order chi connectivity index (χ1) is 17.6. The first-order valence-corrected chi connectivity index (χ1v) is 14.8. The second-order valence-corrected chi connectivity index (χ2v) is 11.2. The Morgan fingerprint density at radius 2 is 1.44 bits per heavy atom. The fraction of sp³-hybridized carbons (Fsp3) is 0.606. The molecule has 0 amide bonds. The molecule has 196 valence electrons. The molecule has 0 bridgehead atoms. The monoisotopic (exact) mass is 492 g/mol. The highest BCUT2D eigenvalue weighted by Crippen LogP contribution is 2.39. The Balaban J connectivity index is 1.44. The van der Waals surface area contributed by atoms with Crippen molar-refractivity contribution in [3.8, 4) is 0 Å². The highest BCUT2D eigenvalue weighted by molar-refractivity contribution is 6.04. The maximum atomic E-state index is 15.3. The summed E-state index contributed by atoms with van der Waals surface area (Å²) in [6, 6.07) is 10.0. The minimum atomic E-state index is -0.417. The number of hydrogen-bond donors (Lipinski definition) is 0. The summed E-state index contributed by atoms with van der Waals surface area (Å²) in [5, 5.41) is 2.10. The van der Waals surface area contributed by atoms with E-state index in [9.17, 15) is 4.79 Å². The Labute approximate surface area is 216 Å². The van der Waals surface area contributed by atoms with E-state index in [-0.39, 0.29) is 11.4 Å². The molecule has 1 aliphatic carbocycles. The Morgan fingerprint density at radius 1 is 0.778 bits per heavy atom. The zero-order valence-electron chi connectivity index (χ0n) is 22.5. The molecule has 2 nitrogen and oxygen atoms in total. The van der Waals surface area contributed by atoms with E-state index >= 15 is 4.39 Å². The van der Waals surface area contributed by atoms with Gasteiger partial charge in [0.15, 0.2) is 11.4 Å². The molecule has 0 radical (unpaired) electrons. The van der Waals surface area contributed by atoms with Gasteiger partial charge < -0.3 is 4.42 Å². The number of halogens is 1. The third-order valence-corrected chi connectivity index (χ3v) is 8.51. The van der Waals surface area contributed by atoms with Gasteiger partial charge in [0.1, 0.15) is 0 Å². The van der Waals surface area contributed by atoms with Gasteiger partial charge in [0.05, 0.1) is 5.39 Å². The third kappa shape index (κ3) is 6.58. The lowest BCUT2D eigenvalue weighted by atomic mass is 9.76. The second kappa shape index (κ2) is 13.4. The number of rotatable bonds is 13. The largest absolute Gasteiger partial charge is 0.419 e. The van der Waals surface area contributed by atoms with Crippen LogP contribution in [0.4, 0.5) is 4.39 Å². The summed E-state index contributed by atoms with van der Waals surface area (Å²) in [4.78, 5) is 12.9.